The van der Waals surface area contributed by atoms with Crippen LogP contribution in [0.5, 0.6) is 0 Å². The molecule has 0 heterocycles. The average molecular weight is 297 g/mol. The monoisotopic (exact) mass is 297 g/mol. The summed E-state index contributed by atoms with van der Waals surface area (Å²) in [4.78, 5) is 11.6. The minimum atomic E-state index is -3.41. The zero-order valence-electron chi connectivity index (χ0n) is 12.0. The SMILES string of the molecule is O=C(Nc1ccccc1)C(F)(F)CCOC1CCCCC1. The molecule has 116 valence electrons. The Kier molecular flexibility index (Phi) is 5.67. The first-order valence-electron chi connectivity index (χ1n) is 7.44. The van der Waals surface area contributed by atoms with E-state index in [9.17, 15) is 13.6 Å². The van der Waals surface area contributed by atoms with Crippen LogP contribution in [0.1, 0.15) is 38.5 Å². The van der Waals surface area contributed by atoms with Gasteiger partial charge in [-0.3, -0.25) is 4.79 Å². The summed E-state index contributed by atoms with van der Waals surface area (Å²) in [5, 5.41) is 2.23. The number of para-hydroxylation sites is 1. The van der Waals surface area contributed by atoms with Crippen molar-refractivity contribution in [2.75, 3.05) is 11.9 Å². The Balaban J connectivity index is 1.76. The van der Waals surface area contributed by atoms with E-state index >= 15 is 0 Å². The van der Waals surface area contributed by atoms with Gasteiger partial charge in [0.15, 0.2) is 0 Å². The van der Waals surface area contributed by atoms with Crippen LogP contribution in [-0.4, -0.2) is 24.5 Å². The molecule has 0 bridgehead atoms. The van der Waals surface area contributed by atoms with Crippen LogP contribution in [0, 0.1) is 0 Å². The maximum atomic E-state index is 13.8. The first kappa shape index (κ1) is 15.9. The molecule has 0 spiro atoms. The van der Waals surface area contributed by atoms with Crippen LogP contribution in [0.15, 0.2) is 30.3 Å². The van der Waals surface area contributed by atoms with E-state index in [0.717, 1.165) is 25.7 Å². The average Bonchev–Trinajstić information content (AvgIpc) is 2.49. The van der Waals surface area contributed by atoms with Gasteiger partial charge < -0.3 is 10.1 Å². The summed E-state index contributed by atoms with van der Waals surface area (Å²) in [5.74, 6) is -4.69. The van der Waals surface area contributed by atoms with E-state index in [0.29, 0.717) is 5.69 Å². The topological polar surface area (TPSA) is 38.3 Å². The molecular weight excluding hydrogens is 276 g/mol. The fourth-order valence-electron chi connectivity index (χ4n) is 2.44. The first-order valence-corrected chi connectivity index (χ1v) is 7.44. The molecule has 0 radical (unpaired) electrons. The molecule has 1 aromatic carbocycles. The van der Waals surface area contributed by atoms with Gasteiger partial charge in [0.05, 0.1) is 12.7 Å². The highest BCUT2D eigenvalue weighted by atomic mass is 19.3. The fourth-order valence-corrected chi connectivity index (χ4v) is 2.44. The minimum absolute atomic E-state index is 0.0757. The number of benzene rings is 1. The Bertz CT molecular complexity index is 445. The van der Waals surface area contributed by atoms with Crippen molar-refractivity contribution in [1.29, 1.82) is 0 Å². The van der Waals surface area contributed by atoms with Crippen molar-refractivity contribution >= 4 is 11.6 Å². The third-order valence-electron chi connectivity index (χ3n) is 3.69. The maximum Gasteiger partial charge on any atom is 0.327 e. The summed E-state index contributed by atoms with van der Waals surface area (Å²) in [7, 11) is 0. The van der Waals surface area contributed by atoms with Crippen LogP contribution >= 0.6 is 0 Å². The van der Waals surface area contributed by atoms with Gasteiger partial charge in [-0.15, -0.1) is 0 Å². The zero-order chi connectivity index (χ0) is 15.1. The summed E-state index contributed by atoms with van der Waals surface area (Å²) in [6, 6.07) is 8.27. The fraction of sp³-hybridized carbons (Fsp3) is 0.562. The molecule has 0 unspecified atom stereocenters. The standard InChI is InChI=1S/C16H21F2NO2/c17-16(18,11-12-21-14-9-5-2-6-10-14)15(20)19-13-7-3-1-4-8-13/h1,3-4,7-8,14H,2,5-6,9-12H2,(H,19,20). The van der Waals surface area contributed by atoms with E-state index in [-0.39, 0.29) is 12.7 Å². The highest BCUT2D eigenvalue weighted by molar-refractivity contribution is 5.95. The van der Waals surface area contributed by atoms with Crippen LogP contribution in [0.2, 0.25) is 0 Å². The van der Waals surface area contributed by atoms with Gasteiger partial charge in [0.2, 0.25) is 0 Å². The number of hydrogen-bond acceptors (Lipinski definition) is 2. The molecule has 21 heavy (non-hydrogen) atoms. The molecule has 0 aromatic heterocycles. The number of nitrogens with one attached hydrogen (secondary N) is 1. The Morgan fingerprint density at radius 1 is 1.19 bits per heavy atom. The second-order valence-electron chi connectivity index (χ2n) is 5.41. The zero-order valence-corrected chi connectivity index (χ0v) is 12.0. The van der Waals surface area contributed by atoms with E-state index in [4.69, 9.17) is 4.74 Å². The highest BCUT2D eigenvalue weighted by Gasteiger charge is 2.38. The molecule has 1 fully saturated rings. The summed E-state index contributed by atoms with van der Waals surface area (Å²) >= 11 is 0. The number of anilines is 1. The van der Waals surface area contributed by atoms with Crippen molar-refractivity contribution in [3.8, 4) is 0 Å². The molecule has 3 nitrogen and oxygen atoms in total. The summed E-state index contributed by atoms with van der Waals surface area (Å²) < 4.78 is 33.0. The minimum Gasteiger partial charge on any atom is -0.378 e. The molecule has 0 saturated heterocycles. The molecule has 1 amide bonds. The lowest BCUT2D eigenvalue weighted by Gasteiger charge is -2.23. The summed E-state index contributed by atoms with van der Waals surface area (Å²) in [6.07, 6.45) is 4.73. The molecule has 0 atom stereocenters. The Labute approximate surface area is 123 Å². The van der Waals surface area contributed by atoms with Gasteiger partial charge in [0.25, 0.3) is 5.91 Å². The van der Waals surface area contributed by atoms with Crippen molar-refractivity contribution in [2.45, 2.75) is 50.6 Å². The molecule has 1 aliphatic carbocycles. The number of carbonyl (C=O) groups excluding carboxylic acids is 1. The number of rotatable bonds is 6. The Morgan fingerprint density at radius 2 is 1.86 bits per heavy atom. The van der Waals surface area contributed by atoms with Crippen LogP contribution in [0.3, 0.4) is 0 Å². The molecule has 5 heteroatoms. The van der Waals surface area contributed by atoms with E-state index < -0.39 is 18.3 Å². The van der Waals surface area contributed by atoms with E-state index in [1.54, 1.807) is 30.3 Å². The van der Waals surface area contributed by atoms with Crippen molar-refractivity contribution in [3.63, 3.8) is 0 Å². The van der Waals surface area contributed by atoms with Gasteiger partial charge in [0, 0.05) is 12.1 Å². The second-order valence-corrected chi connectivity index (χ2v) is 5.41. The van der Waals surface area contributed by atoms with Gasteiger partial charge in [-0.1, -0.05) is 37.5 Å². The third kappa shape index (κ3) is 5.08. The second kappa shape index (κ2) is 7.50. The first-order chi connectivity index (χ1) is 10.1. The maximum absolute atomic E-state index is 13.8. The van der Waals surface area contributed by atoms with Gasteiger partial charge in [-0.25, -0.2) is 0 Å². The quantitative estimate of drug-likeness (QED) is 0.862. The molecule has 2 rings (SSSR count). The summed E-state index contributed by atoms with van der Waals surface area (Å²) in [6.45, 7) is -0.0835. The lowest BCUT2D eigenvalue weighted by Crippen LogP contribution is -2.36. The normalized spacial score (nSPS) is 16.7. The number of alkyl halides is 2. The van der Waals surface area contributed by atoms with Crippen molar-refractivity contribution in [1.82, 2.24) is 0 Å². The van der Waals surface area contributed by atoms with Crippen molar-refractivity contribution in [3.05, 3.63) is 30.3 Å². The molecule has 1 aliphatic rings. The number of amides is 1. The van der Waals surface area contributed by atoms with Crippen LogP contribution in [0.4, 0.5) is 14.5 Å². The molecule has 0 aliphatic heterocycles. The smallest absolute Gasteiger partial charge is 0.327 e. The van der Waals surface area contributed by atoms with Gasteiger partial charge in [-0.05, 0) is 25.0 Å². The Morgan fingerprint density at radius 3 is 2.52 bits per heavy atom. The predicted octanol–water partition coefficient (Wildman–Crippen LogP) is 4.00. The molecule has 1 aromatic rings. The highest BCUT2D eigenvalue weighted by Crippen LogP contribution is 2.24. The Hall–Kier alpha value is -1.49. The van der Waals surface area contributed by atoms with E-state index in [2.05, 4.69) is 5.32 Å². The van der Waals surface area contributed by atoms with Crippen LogP contribution in [0.25, 0.3) is 0 Å². The number of carbonyl (C=O) groups is 1. The van der Waals surface area contributed by atoms with Gasteiger partial charge >= 0.3 is 5.92 Å². The number of ether oxygens (including phenoxy) is 1. The number of hydrogen-bond donors (Lipinski definition) is 1. The lowest BCUT2D eigenvalue weighted by molar-refractivity contribution is -0.143. The molecular formula is C16H21F2NO2. The third-order valence-corrected chi connectivity index (χ3v) is 3.69. The van der Waals surface area contributed by atoms with Crippen molar-refractivity contribution < 1.29 is 18.3 Å². The number of halogens is 2. The van der Waals surface area contributed by atoms with Crippen LogP contribution < -0.4 is 5.32 Å². The summed E-state index contributed by atoms with van der Waals surface area (Å²) in [5.41, 5.74) is 0.371. The largest absolute Gasteiger partial charge is 0.378 e. The molecule has 1 N–H and O–H groups in total. The van der Waals surface area contributed by atoms with E-state index in [1.165, 1.54) is 6.42 Å². The predicted molar refractivity (Wildman–Crippen MR) is 77.5 cm³/mol. The van der Waals surface area contributed by atoms with Gasteiger partial charge in [0.1, 0.15) is 0 Å². The molecule has 1 saturated carbocycles. The lowest BCUT2D eigenvalue weighted by atomic mass is 9.98. The van der Waals surface area contributed by atoms with Crippen LogP contribution in [-0.2, 0) is 9.53 Å². The van der Waals surface area contributed by atoms with Gasteiger partial charge in [-0.2, -0.15) is 8.78 Å². The van der Waals surface area contributed by atoms with E-state index in [1.807, 2.05) is 0 Å². The van der Waals surface area contributed by atoms with Crippen molar-refractivity contribution in [2.24, 2.45) is 0 Å².